The van der Waals surface area contributed by atoms with Crippen LogP contribution in [0.3, 0.4) is 0 Å². The maximum atomic E-state index is 12.0. The largest absolute Gasteiger partial charge is 0.365 e. The van der Waals surface area contributed by atoms with Gasteiger partial charge in [0, 0.05) is 41.6 Å². The van der Waals surface area contributed by atoms with E-state index in [0.717, 1.165) is 11.1 Å². The summed E-state index contributed by atoms with van der Waals surface area (Å²) in [6.45, 7) is 0. The first-order valence-corrected chi connectivity index (χ1v) is 8.87. The molecule has 29 heavy (non-hydrogen) atoms. The number of nitrogens with one attached hydrogen (secondary N) is 1. The number of carbonyl (C=O) groups is 1. The van der Waals surface area contributed by atoms with Crippen molar-refractivity contribution in [1.82, 2.24) is 14.8 Å². The summed E-state index contributed by atoms with van der Waals surface area (Å²) < 4.78 is 1.72. The van der Waals surface area contributed by atoms with Gasteiger partial charge in [0.15, 0.2) is 6.29 Å². The predicted octanol–water partition coefficient (Wildman–Crippen LogP) is 2.46. The summed E-state index contributed by atoms with van der Waals surface area (Å²) in [6.07, 6.45) is 3.52. The highest BCUT2D eigenvalue weighted by atomic mass is 16.5. The van der Waals surface area contributed by atoms with E-state index >= 15 is 0 Å². The Kier molecular flexibility index (Phi) is 4.71. The maximum Gasteiger partial charge on any atom is 0.252 e. The smallest absolute Gasteiger partial charge is 0.252 e. The molecule has 0 saturated carbocycles. The topological polar surface area (TPSA) is 126 Å². The number of aryl methyl sites for hydroxylation is 1. The van der Waals surface area contributed by atoms with Crippen LogP contribution in [0.4, 0.5) is 11.4 Å². The molecule has 8 nitrogen and oxygen atoms in total. The van der Waals surface area contributed by atoms with Crippen molar-refractivity contribution in [3.8, 4) is 11.1 Å². The first-order chi connectivity index (χ1) is 13.9. The molecular weight excluding hydrogens is 370 g/mol. The number of rotatable bonds is 5. The Morgan fingerprint density at radius 3 is 2.66 bits per heavy atom. The molecule has 0 aliphatic heterocycles. The van der Waals surface area contributed by atoms with E-state index < -0.39 is 12.2 Å². The molecular formula is C21H19N5O3. The first kappa shape index (κ1) is 18.6. The number of aliphatic hydroxyl groups excluding tert-OH is 1. The molecule has 0 unspecified atom stereocenters. The molecule has 1 amide bonds. The summed E-state index contributed by atoms with van der Waals surface area (Å²) in [5.41, 5.74) is 9.78. The second-order valence-corrected chi connectivity index (χ2v) is 6.67. The second-order valence-electron chi connectivity index (χ2n) is 6.67. The third kappa shape index (κ3) is 3.66. The first-order valence-electron chi connectivity index (χ1n) is 8.87. The molecule has 0 saturated heterocycles. The lowest BCUT2D eigenvalue weighted by Gasteiger charge is -2.15. The molecule has 5 N–H and O–H groups in total. The number of carbonyl (C=O) groups excluding carboxylic acids is 1. The molecule has 0 bridgehead atoms. The van der Waals surface area contributed by atoms with Crippen LogP contribution in [-0.2, 0) is 7.05 Å². The van der Waals surface area contributed by atoms with Crippen LogP contribution in [0, 0.1) is 0 Å². The summed E-state index contributed by atoms with van der Waals surface area (Å²) in [4.78, 5) is 16.4. The van der Waals surface area contributed by atoms with Crippen molar-refractivity contribution in [1.29, 1.82) is 0 Å². The van der Waals surface area contributed by atoms with Crippen LogP contribution in [0.2, 0.25) is 0 Å². The fraction of sp³-hybridized carbons (Fsp3) is 0.0952. The van der Waals surface area contributed by atoms with Crippen molar-refractivity contribution in [2.24, 2.45) is 12.8 Å². The number of aliphatic hydroxyl groups is 2. The fourth-order valence-electron chi connectivity index (χ4n) is 3.19. The number of pyridine rings is 1. The van der Waals surface area contributed by atoms with E-state index in [1.54, 1.807) is 35.1 Å². The highest BCUT2D eigenvalue weighted by molar-refractivity contribution is 6.08. The number of nitrogens with zero attached hydrogens (tertiary/aromatic N) is 3. The molecule has 146 valence electrons. The molecule has 0 radical (unpaired) electrons. The van der Waals surface area contributed by atoms with Gasteiger partial charge in [0.1, 0.15) is 0 Å². The lowest BCUT2D eigenvalue weighted by Crippen LogP contribution is -2.14. The van der Waals surface area contributed by atoms with E-state index in [1.165, 1.54) is 6.20 Å². The number of fused-ring (bicyclic) bond motifs is 1. The summed E-state index contributed by atoms with van der Waals surface area (Å²) in [7, 11) is 1.85. The normalized spacial score (nSPS) is 11.2. The van der Waals surface area contributed by atoms with Crippen molar-refractivity contribution in [3.05, 3.63) is 72.2 Å². The highest BCUT2D eigenvalue weighted by Crippen LogP contribution is 2.32. The number of anilines is 2. The van der Waals surface area contributed by atoms with Crippen LogP contribution in [0.15, 0.2) is 61.1 Å². The molecule has 0 aliphatic rings. The predicted molar refractivity (Wildman–Crippen MR) is 109 cm³/mol. The summed E-state index contributed by atoms with van der Waals surface area (Å²) in [6, 6.07) is 12.3. The van der Waals surface area contributed by atoms with Crippen LogP contribution in [0.5, 0.6) is 0 Å². The minimum Gasteiger partial charge on any atom is -0.365 e. The molecule has 2 heterocycles. The van der Waals surface area contributed by atoms with Crippen LogP contribution in [-0.4, -0.2) is 30.9 Å². The van der Waals surface area contributed by atoms with Gasteiger partial charge in [0.2, 0.25) is 0 Å². The molecule has 2 aromatic carbocycles. The number of benzene rings is 2. The zero-order valence-electron chi connectivity index (χ0n) is 15.6. The van der Waals surface area contributed by atoms with Crippen LogP contribution in [0.25, 0.3) is 22.0 Å². The van der Waals surface area contributed by atoms with Gasteiger partial charge in [-0.15, -0.1) is 0 Å². The zero-order chi connectivity index (χ0) is 20.5. The van der Waals surface area contributed by atoms with Gasteiger partial charge in [-0.3, -0.25) is 14.5 Å². The number of hydrogen-bond donors (Lipinski definition) is 4. The summed E-state index contributed by atoms with van der Waals surface area (Å²) >= 11 is 0. The Balaban J connectivity index is 1.83. The lowest BCUT2D eigenvalue weighted by atomic mass is 10.0. The number of aromatic nitrogens is 3. The second kappa shape index (κ2) is 7.34. The minimum absolute atomic E-state index is 0.238. The highest BCUT2D eigenvalue weighted by Gasteiger charge is 2.15. The molecule has 0 atom stereocenters. The van der Waals surface area contributed by atoms with Crippen LogP contribution >= 0.6 is 0 Å². The average Bonchev–Trinajstić information content (AvgIpc) is 3.14. The Bertz CT molecular complexity index is 1220. The van der Waals surface area contributed by atoms with E-state index in [9.17, 15) is 15.0 Å². The SMILES string of the molecule is Cn1cc(-c2ccc3c(Nc4cccc(C(O)O)c4)c(C(N)=O)cnc3c2)cn1. The van der Waals surface area contributed by atoms with Crippen LogP contribution < -0.4 is 11.1 Å². The van der Waals surface area contributed by atoms with Gasteiger partial charge in [-0.1, -0.05) is 24.3 Å². The Hall–Kier alpha value is -3.75. The van der Waals surface area contributed by atoms with E-state index in [0.29, 0.717) is 27.8 Å². The molecule has 0 spiro atoms. The van der Waals surface area contributed by atoms with Crippen molar-refractivity contribution >= 4 is 28.2 Å². The minimum atomic E-state index is -1.59. The maximum absolute atomic E-state index is 12.0. The van der Waals surface area contributed by atoms with Gasteiger partial charge in [-0.05, 0) is 23.8 Å². The van der Waals surface area contributed by atoms with Gasteiger partial charge >= 0.3 is 0 Å². The Morgan fingerprint density at radius 1 is 1.14 bits per heavy atom. The fourth-order valence-corrected chi connectivity index (χ4v) is 3.19. The van der Waals surface area contributed by atoms with Crippen molar-refractivity contribution in [3.63, 3.8) is 0 Å². The molecule has 0 aliphatic carbocycles. The van der Waals surface area contributed by atoms with Gasteiger partial charge in [0.05, 0.1) is 23.0 Å². The van der Waals surface area contributed by atoms with Gasteiger partial charge < -0.3 is 21.3 Å². The quantitative estimate of drug-likeness (QED) is 0.389. The number of amides is 1. The number of nitrogens with two attached hydrogens (primary N) is 1. The standard InChI is InChI=1S/C21H19N5O3/c1-26-11-14(9-24-26)12-5-6-16-18(8-12)23-10-17(20(22)27)19(16)25-15-4-2-3-13(7-15)21(28)29/h2-11,21,28-29H,1H3,(H2,22,27)(H,23,25). The van der Waals surface area contributed by atoms with Crippen LogP contribution in [0.1, 0.15) is 22.2 Å². The Labute approximate surface area is 166 Å². The van der Waals surface area contributed by atoms with E-state index in [1.807, 2.05) is 31.4 Å². The third-order valence-electron chi connectivity index (χ3n) is 4.63. The molecule has 4 aromatic rings. The lowest BCUT2D eigenvalue weighted by molar-refractivity contribution is -0.0424. The summed E-state index contributed by atoms with van der Waals surface area (Å²) in [5, 5.41) is 26.9. The number of primary amides is 1. The number of hydrogen-bond acceptors (Lipinski definition) is 6. The average molecular weight is 389 g/mol. The molecule has 2 aromatic heterocycles. The summed E-state index contributed by atoms with van der Waals surface area (Å²) in [5.74, 6) is -0.614. The monoisotopic (exact) mass is 389 g/mol. The van der Waals surface area contributed by atoms with Gasteiger partial charge in [0.25, 0.3) is 5.91 Å². The zero-order valence-corrected chi connectivity index (χ0v) is 15.6. The molecule has 8 heteroatoms. The Morgan fingerprint density at radius 2 is 1.97 bits per heavy atom. The van der Waals surface area contributed by atoms with Gasteiger partial charge in [-0.2, -0.15) is 5.10 Å². The van der Waals surface area contributed by atoms with Crippen molar-refractivity contribution in [2.75, 3.05) is 5.32 Å². The van der Waals surface area contributed by atoms with Crippen molar-refractivity contribution in [2.45, 2.75) is 6.29 Å². The van der Waals surface area contributed by atoms with E-state index in [-0.39, 0.29) is 5.56 Å². The van der Waals surface area contributed by atoms with Gasteiger partial charge in [-0.25, -0.2) is 0 Å². The van der Waals surface area contributed by atoms with E-state index in [4.69, 9.17) is 5.73 Å². The molecule has 4 rings (SSSR count). The van der Waals surface area contributed by atoms with Crippen molar-refractivity contribution < 1.29 is 15.0 Å². The third-order valence-corrected chi connectivity index (χ3v) is 4.63. The molecule has 0 fully saturated rings. The van der Waals surface area contributed by atoms with E-state index in [2.05, 4.69) is 15.4 Å².